The molecule has 0 saturated heterocycles. The maximum atomic E-state index is 11.7. The number of benzene rings is 1. The van der Waals surface area contributed by atoms with Crippen molar-refractivity contribution in [3.8, 4) is 11.1 Å². The number of aliphatic hydroxyl groups is 2. The van der Waals surface area contributed by atoms with Gasteiger partial charge in [0.1, 0.15) is 0 Å². The molecule has 22 heavy (non-hydrogen) atoms. The third kappa shape index (κ3) is 3.60. The average Bonchev–Trinajstić information content (AvgIpc) is 2.49. The van der Waals surface area contributed by atoms with Crippen molar-refractivity contribution >= 4 is 5.97 Å². The van der Waals surface area contributed by atoms with Gasteiger partial charge in [0.2, 0.25) is 0 Å². The van der Waals surface area contributed by atoms with Crippen molar-refractivity contribution in [2.75, 3.05) is 6.61 Å². The Balaban J connectivity index is 2.47. The number of hydrogen-bond donors (Lipinski definition) is 3. The molecule has 3 N–H and O–H groups in total. The number of aliphatic carboxylic acids is 1. The molecule has 0 saturated carbocycles. The molecule has 1 heterocycles. The summed E-state index contributed by atoms with van der Waals surface area (Å²) in [5.74, 6) is -1.09. The van der Waals surface area contributed by atoms with Crippen molar-refractivity contribution in [2.45, 2.75) is 19.1 Å². The van der Waals surface area contributed by atoms with Crippen LogP contribution in [0.15, 0.2) is 47.4 Å². The summed E-state index contributed by atoms with van der Waals surface area (Å²) in [5, 5.41) is 27.9. The van der Waals surface area contributed by atoms with Crippen molar-refractivity contribution in [2.24, 2.45) is 0 Å². The Labute approximate surface area is 126 Å². The first-order valence-corrected chi connectivity index (χ1v) is 6.83. The van der Waals surface area contributed by atoms with Crippen LogP contribution in [0.25, 0.3) is 11.1 Å². The van der Waals surface area contributed by atoms with Gasteiger partial charge in [0.15, 0.2) is 0 Å². The predicted molar refractivity (Wildman–Crippen MR) is 80.4 cm³/mol. The third-order valence-corrected chi connectivity index (χ3v) is 3.32. The molecule has 0 aliphatic rings. The van der Waals surface area contributed by atoms with Crippen LogP contribution in [0.4, 0.5) is 0 Å². The zero-order valence-electron chi connectivity index (χ0n) is 11.8. The Hall–Kier alpha value is -2.44. The first kappa shape index (κ1) is 15.9. The van der Waals surface area contributed by atoms with Gasteiger partial charge >= 0.3 is 5.97 Å². The fourth-order valence-corrected chi connectivity index (χ4v) is 2.30. The summed E-state index contributed by atoms with van der Waals surface area (Å²) in [7, 11) is 0. The maximum absolute atomic E-state index is 11.7. The number of carboxylic acid groups (broad SMARTS) is 1. The lowest BCUT2D eigenvalue weighted by atomic mass is 9.96. The lowest BCUT2D eigenvalue weighted by Crippen LogP contribution is -2.20. The van der Waals surface area contributed by atoms with E-state index in [1.165, 1.54) is 10.6 Å². The topological polar surface area (TPSA) is 99.8 Å². The van der Waals surface area contributed by atoms with E-state index in [0.29, 0.717) is 16.7 Å². The smallest absolute Gasteiger partial charge is 0.306 e. The number of rotatable bonds is 6. The number of aliphatic hydroxyl groups excluding tert-OH is 2. The highest BCUT2D eigenvalue weighted by Crippen LogP contribution is 2.29. The summed E-state index contributed by atoms with van der Waals surface area (Å²) < 4.78 is 1.37. The molecular weight excluding hydrogens is 286 g/mol. The van der Waals surface area contributed by atoms with E-state index in [2.05, 4.69) is 0 Å². The lowest BCUT2D eigenvalue weighted by Gasteiger charge is -2.15. The standard InChI is InChI=1S/C16H17NO5/c18-8-7-17-10-11(5-6-15(17)20)12-3-1-2-4-13(12)14(19)9-16(21)22/h1-6,10,14,18-19H,7-9H2,(H,21,22). The van der Waals surface area contributed by atoms with Crippen LogP contribution < -0.4 is 5.56 Å². The van der Waals surface area contributed by atoms with Gasteiger partial charge in [0.25, 0.3) is 5.56 Å². The summed E-state index contributed by atoms with van der Waals surface area (Å²) in [6, 6.07) is 9.89. The minimum atomic E-state index is -1.13. The maximum Gasteiger partial charge on any atom is 0.306 e. The second-order valence-corrected chi connectivity index (χ2v) is 4.87. The van der Waals surface area contributed by atoms with E-state index < -0.39 is 18.5 Å². The Morgan fingerprint density at radius 3 is 2.59 bits per heavy atom. The van der Waals surface area contributed by atoms with Crippen LogP contribution in [0.2, 0.25) is 0 Å². The predicted octanol–water partition coefficient (Wildman–Crippen LogP) is 1.02. The van der Waals surface area contributed by atoms with Gasteiger partial charge in [-0.1, -0.05) is 24.3 Å². The van der Waals surface area contributed by atoms with E-state index in [-0.39, 0.29) is 18.7 Å². The van der Waals surface area contributed by atoms with Crippen molar-refractivity contribution < 1.29 is 20.1 Å². The van der Waals surface area contributed by atoms with Crippen LogP contribution in [0.5, 0.6) is 0 Å². The van der Waals surface area contributed by atoms with Gasteiger partial charge in [-0.3, -0.25) is 9.59 Å². The number of carboxylic acids is 1. The molecule has 1 aromatic heterocycles. The zero-order valence-corrected chi connectivity index (χ0v) is 11.8. The second-order valence-electron chi connectivity index (χ2n) is 4.87. The zero-order chi connectivity index (χ0) is 16.1. The Morgan fingerprint density at radius 2 is 1.91 bits per heavy atom. The quantitative estimate of drug-likeness (QED) is 0.739. The Morgan fingerprint density at radius 1 is 1.18 bits per heavy atom. The van der Waals surface area contributed by atoms with E-state index in [9.17, 15) is 14.7 Å². The molecule has 0 amide bonds. The molecule has 0 bridgehead atoms. The fraction of sp³-hybridized carbons (Fsp3) is 0.250. The van der Waals surface area contributed by atoms with Crippen molar-refractivity contribution in [3.05, 3.63) is 58.5 Å². The number of carbonyl (C=O) groups is 1. The largest absolute Gasteiger partial charge is 0.481 e. The van der Waals surface area contributed by atoms with Crippen LogP contribution >= 0.6 is 0 Å². The summed E-state index contributed by atoms with van der Waals surface area (Å²) in [6.45, 7) is 0.0131. The van der Waals surface area contributed by atoms with E-state index >= 15 is 0 Å². The van der Waals surface area contributed by atoms with E-state index in [4.69, 9.17) is 10.2 Å². The molecule has 1 aromatic carbocycles. The van der Waals surface area contributed by atoms with E-state index in [1.807, 2.05) is 0 Å². The van der Waals surface area contributed by atoms with Crippen LogP contribution in [-0.4, -0.2) is 32.5 Å². The highest BCUT2D eigenvalue weighted by Gasteiger charge is 2.16. The van der Waals surface area contributed by atoms with Gasteiger partial charge in [-0.25, -0.2) is 0 Å². The molecule has 1 atom stereocenters. The summed E-state index contributed by atoms with van der Waals surface area (Å²) in [4.78, 5) is 22.5. The Bertz CT molecular complexity index is 722. The molecule has 0 radical (unpaired) electrons. The molecule has 1 unspecified atom stereocenters. The van der Waals surface area contributed by atoms with Crippen LogP contribution in [-0.2, 0) is 11.3 Å². The van der Waals surface area contributed by atoms with E-state index in [0.717, 1.165) is 0 Å². The SMILES string of the molecule is O=C(O)CC(O)c1ccccc1-c1ccc(=O)n(CCO)c1. The first-order chi connectivity index (χ1) is 10.5. The van der Waals surface area contributed by atoms with Crippen LogP contribution in [0, 0.1) is 0 Å². The number of hydrogen-bond acceptors (Lipinski definition) is 4. The van der Waals surface area contributed by atoms with Crippen molar-refractivity contribution in [1.29, 1.82) is 0 Å². The van der Waals surface area contributed by atoms with Crippen LogP contribution in [0.3, 0.4) is 0 Å². The van der Waals surface area contributed by atoms with Gasteiger partial charge < -0.3 is 19.9 Å². The monoisotopic (exact) mass is 303 g/mol. The van der Waals surface area contributed by atoms with Gasteiger partial charge in [-0.2, -0.15) is 0 Å². The normalized spacial score (nSPS) is 12.1. The molecular formula is C16H17NO5. The highest BCUT2D eigenvalue weighted by atomic mass is 16.4. The van der Waals surface area contributed by atoms with E-state index in [1.54, 1.807) is 36.5 Å². The van der Waals surface area contributed by atoms with Crippen molar-refractivity contribution in [1.82, 2.24) is 4.57 Å². The van der Waals surface area contributed by atoms with Crippen LogP contribution in [0.1, 0.15) is 18.1 Å². The molecule has 2 rings (SSSR count). The van der Waals surface area contributed by atoms with Gasteiger partial charge in [-0.15, -0.1) is 0 Å². The summed E-state index contributed by atoms with van der Waals surface area (Å²) in [5.41, 5.74) is 1.58. The van der Waals surface area contributed by atoms with Gasteiger partial charge in [0, 0.05) is 18.8 Å². The molecule has 0 aliphatic heterocycles. The summed E-state index contributed by atoms with van der Waals surface area (Å²) in [6.07, 6.45) is 0.0601. The molecule has 6 heteroatoms. The minimum Gasteiger partial charge on any atom is -0.481 e. The van der Waals surface area contributed by atoms with Gasteiger partial charge in [0.05, 0.1) is 19.1 Å². The number of aromatic nitrogens is 1. The molecule has 0 aliphatic carbocycles. The molecule has 2 aromatic rings. The highest BCUT2D eigenvalue weighted by molar-refractivity contribution is 5.71. The Kier molecular flexibility index (Phi) is 5.08. The second kappa shape index (κ2) is 7.02. The molecule has 0 fully saturated rings. The fourth-order valence-electron chi connectivity index (χ4n) is 2.30. The average molecular weight is 303 g/mol. The minimum absolute atomic E-state index is 0.160. The lowest BCUT2D eigenvalue weighted by molar-refractivity contribution is -0.139. The number of pyridine rings is 1. The third-order valence-electron chi connectivity index (χ3n) is 3.32. The molecule has 6 nitrogen and oxygen atoms in total. The number of nitrogens with zero attached hydrogens (tertiary/aromatic N) is 1. The molecule has 0 spiro atoms. The molecule has 116 valence electrons. The van der Waals surface area contributed by atoms with Crippen molar-refractivity contribution in [3.63, 3.8) is 0 Å². The summed E-state index contributed by atoms with van der Waals surface area (Å²) >= 11 is 0. The first-order valence-electron chi connectivity index (χ1n) is 6.83. The van der Waals surface area contributed by atoms with Gasteiger partial charge in [-0.05, 0) is 22.8 Å².